The quantitative estimate of drug-likeness (QED) is 0.346. The number of carbonyl (C=O) groups excluding carboxylic acids is 2. The normalized spacial score (nSPS) is 20.7. The Morgan fingerprint density at radius 1 is 1.08 bits per heavy atom. The molecule has 2 bridgehead atoms. The van der Waals surface area contributed by atoms with Crippen molar-refractivity contribution in [1.29, 1.82) is 0 Å². The molecule has 38 heavy (non-hydrogen) atoms. The molecule has 0 unspecified atom stereocenters. The molecule has 0 saturated carbocycles. The number of pyridine rings is 1. The summed E-state index contributed by atoms with van der Waals surface area (Å²) in [5.41, 5.74) is 10.4. The van der Waals surface area contributed by atoms with E-state index in [1.54, 1.807) is 23.4 Å². The number of anilines is 1. The van der Waals surface area contributed by atoms with E-state index in [4.69, 9.17) is 10.7 Å². The maximum atomic E-state index is 12.8. The van der Waals surface area contributed by atoms with Crippen LogP contribution in [-0.2, 0) is 4.79 Å². The maximum absolute atomic E-state index is 12.8. The van der Waals surface area contributed by atoms with Crippen molar-refractivity contribution >= 4 is 23.2 Å². The van der Waals surface area contributed by atoms with Crippen LogP contribution in [0.1, 0.15) is 54.6 Å². The number of ketones is 1. The van der Waals surface area contributed by atoms with Crippen molar-refractivity contribution in [2.45, 2.75) is 50.6 Å². The van der Waals surface area contributed by atoms with Crippen molar-refractivity contribution < 1.29 is 19.8 Å². The summed E-state index contributed by atoms with van der Waals surface area (Å²) in [6.45, 7) is 0.965. The predicted molar refractivity (Wildman–Crippen MR) is 140 cm³/mol. The van der Waals surface area contributed by atoms with Gasteiger partial charge in [0.15, 0.2) is 11.4 Å². The van der Waals surface area contributed by atoms with Gasteiger partial charge >= 0.3 is 0 Å². The van der Waals surface area contributed by atoms with Gasteiger partial charge in [-0.2, -0.15) is 9.61 Å². The van der Waals surface area contributed by atoms with Crippen LogP contribution in [0.5, 0.6) is 5.75 Å². The molecule has 5 heterocycles. The Hall–Kier alpha value is -4.31. The molecule has 2 fully saturated rings. The second-order valence-corrected chi connectivity index (χ2v) is 10.1. The highest BCUT2D eigenvalue weighted by Crippen LogP contribution is 2.44. The van der Waals surface area contributed by atoms with Crippen LogP contribution in [0, 0.1) is 0 Å². The lowest BCUT2D eigenvalue weighted by Crippen LogP contribution is -2.47. The largest absolute Gasteiger partial charge is 0.506 e. The smallest absolute Gasteiger partial charge is 0.248 e. The first-order chi connectivity index (χ1) is 18.4. The molecule has 3 atom stereocenters. The molecule has 6 rings (SSSR count). The van der Waals surface area contributed by atoms with Crippen LogP contribution in [0.2, 0.25) is 0 Å². The number of aromatic nitrogens is 4. The van der Waals surface area contributed by atoms with E-state index >= 15 is 0 Å². The lowest BCUT2D eigenvalue weighted by Gasteiger charge is -2.39. The number of aromatic hydroxyl groups is 1. The number of rotatable bonds is 5. The van der Waals surface area contributed by atoms with Crippen LogP contribution in [0.25, 0.3) is 28.0 Å². The number of carbonyl (C=O) groups is 2. The fraction of sp³-hybridized carbons (Fsp3) is 0.321. The molecular formula is C28H28N6O4. The molecule has 10 nitrogen and oxygen atoms in total. The molecule has 0 radical (unpaired) electrons. The SMILES string of the molecule is CC(=O)c1c([C@H]2C[C@H]3CC[C@@H](C2)N3C(=O)CO)nc2c(-c3cnc(-c4ccccc4)c(O)c3)cnn2c1N. The van der Waals surface area contributed by atoms with Crippen LogP contribution in [0.3, 0.4) is 0 Å². The third kappa shape index (κ3) is 3.79. The highest BCUT2D eigenvalue weighted by atomic mass is 16.3. The van der Waals surface area contributed by atoms with Crippen molar-refractivity contribution in [3.8, 4) is 28.1 Å². The fourth-order valence-electron chi connectivity index (χ4n) is 6.20. The summed E-state index contributed by atoms with van der Waals surface area (Å²) in [6, 6.07) is 11.0. The number of hydrogen-bond acceptors (Lipinski definition) is 8. The van der Waals surface area contributed by atoms with E-state index in [2.05, 4.69) is 10.1 Å². The number of fused-ring (bicyclic) bond motifs is 3. The van der Waals surface area contributed by atoms with Crippen molar-refractivity contribution in [3.05, 3.63) is 60.0 Å². The zero-order chi connectivity index (χ0) is 26.6. The minimum Gasteiger partial charge on any atom is -0.506 e. The van der Waals surface area contributed by atoms with Crippen molar-refractivity contribution in [1.82, 2.24) is 24.5 Å². The minimum absolute atomic E-state index is 0.00600. The molecule has 10 heteroatoms. The summed E-state index contributed by atoms with van der Waals surface area (Å²) in [7, 11) is 0. The number of nitrogens with two attached hydrogens (primary N) is 1. The Labute approximate surface area is 218 Å². The number of aliphatic hydroxyl groups is 1. The first-order valence-corrected chi connectivity index (χ1v) is 12.7. The van der Waals surface area contributed by atoms with Gasteiger partial charge in [0.1, 0.15) is 23.9 Å². The Morgan fingerprint density at radius 3 is 2.42 bits per heavy atom. The van der Waals surface area contributed by atoms with E-state index in [0.717, 1.165) is 18.4 Å². The molecule has 4 aromatic rings. The van der Waals surface area contributed by atoms with E-state index in [0.29, 0.717) is 46.6 Å². The van der Waals surface area contributed by atoms with Gasteiger partial charge in [-0.05, 0) is 38.7 Å². The summed E-state index contributed by atoms with van der Waals surface area (Å²) in [5, 5.41) is 24.6. The number of nitrogen functional groups attached to an aromatic ring is 1. The van der Waals surface area contributed by atoms with Crippen molar-refractivity contribution in [3.63, 3.8) is 0 Å². The fourth-order valence-corrected chi connectivity index (χ4v) is 6.20. The zero-order valence-electron chi connectivity index (χ0n) is 20.9. The van der Waals surface area contributed by atoms with Crippen LogP contribution in [-0.4, -0.2) is 65.1 Å². The molecule has 4 N–H and O–H groups in total. The maximum Gasteiger partial charge on any atom is 0.248 e. The molecule has 3 aromatic heterocycles. The van der Waals surface area contributed by atoms with Gasteiger partial charge in [-0.15, -0.1) is 0 Å². The van der Waals surface area contributed by atoms with Crippen LogP contribution < -0.4 is 5.73 Å². The third-order valence-corrected chi connectivity index (χ3v) is 7.83. The lowest BCUT2D eigenvalue weighted by molar-refractivity contribution is -0.138. The Morgan fingerprint density at radius 2 is 1.79 bits per heavy atom. The van der Waals surface area contributed by atoms with Gasteiger partial charge in [0, 0.05) is 40.9 Å². The summed E-state index contributed by atoms with van der Waals surface area (Å²) < 4.78 is 1.46. The third-order valence-electron chi connectivity index (χ3n) is 7.83. The van der Waals surface area contributed by atoms with Crippen LogP contribution in [0.15, 0.2) is 48.8 Å². The summed E-state index contributed by atoms with van der Waals surface area (Å²) in [5.74, 6) is -0.287. The monoisotopic (exact) mass is 512 g/mol. The number of benzene rings is 1. The van der Waals surface area contributed by atoms with Gasteiger partial charge in [-0.3, -0.25) is 14.6 Å². The lowest BCUT2D eigenvalue weighted by atomic mass is 9.85. The van der Waals surface area contributed by atoms with E-state index in [9.17, 15) is 19.8 Å². The molecule has 0 spiro atoms. The molecule has 2 aliphatic heterocycles. The molecule has 194 valence electrons. The topological polar surface area (TPSA) is 147 Å². The molecule has 1 amide bonds. The number of piperidine rings is 1. The zero-order valence-corrected chi connectivity index (χ0v) is 20.9. The summed E-state index contributed by atoms with van der Waals surface area (Å²) in [6.07, 6.45) is 6.27. The van der Waals surface area contributed by atoms with Crippen molar-refractivity contribution in [2.75, 3.05) is 12.3 Å². The van der Waals surface area contributed by atoms with Gasteiger partial charge in [0.2, 0.25) is 5.91 Å². The first kappa shape index (κ1) is 24.1. The molecule has 0 aliphatic carbocycles. The molecule has 2 aliphatic rings. The average molecular weight is 513 g/mol. The predicted octanol–water partition coefficient (Wildman–Crippen LogP) is 3.18. The highest BCUT2D eigenvalue weighted by molar-refractivity contribution is 6.00. The van der Waals surface area contributed by atoms with Crippen molar-refractivity contribution in [2.24, 2.45) is 0 Å². The van der Waals surface area contributed by atoms with E-state index < -0.39 is 6.61 Å². The second kappa shape index (κ2) is 9.21. The van der Waals surface area contributed by atoms with Gasteiger partial charge in [-0.25, -0.2) is 4.98 Å². The molecule has 1 aromatic carbocycles. The number of amides is 1. The summed E-state index contributed by atoms with van der Waals surface area (Å²) >= 11 is 0. The van der Waals surface area contributed by atoms with Gasteiger partial charge < -0.3 is 20.8 Å². The van der Waals surface area contributed by atoms with E-state index in [1.165, 1.54) is 11.4 Å². The summed E-state index contributed by atoms with van der Waals surface area (Å²) in [4.78, 5) is 36.3. The standard InChI is InChI=1S/C28H28N6O4/c1-15(36)24-26(17-9-19-7-8-20(10-17)33(19)23(38)14-35)32-28-21(13-31-34(28)27(24)29)18-11-22(37)25(30-12-18)16-5-3-2-4-6-16/h2-6,11-13,17,19-20,35,37H,7-10,14,29H2,1H3/t17-,19+,20-. The Kier molecular flexibility index (Phi) is 5.83. The number of aliphatic hydroxyl groups excluding tert-OH is 1. The number of Topliss-reactive ketones (excluding diaryl/α,β-unsaturated/α-hetero) is 1. The highest BCUT2D eigenvalue weighted by Gasteiger charge is 2.44. The number of hydrogen-bond donors (Lipinski definition) is 3. The molecular weight excluding hydrogens is 484 g/mol. The molecule has 2 saturated heterocycles. The number of nitrogens with zero attached hydrogens (tertiary/aromatic N) is 5. The van der Waals surface area contributed by atoms with Crippen LogP contribution >= 0.6 is 0 Å². The Bertz CT molecular complexity index is 1550. The van der Waals surface area contributed by atoms with Crippen LogP contribution in [0.4, 0.5) is 5.82 Å². The second-order valence-electron chi connectivity index (χ2n) is 10.1. The van der Waals surface area contributed by atoms with Gasteiger partial charge in [-0.1, -0.05) is 30.3 Å². The first-order valence-electron chi connectivity index (χ1n) is 12.7. The minimum atomic E-state index is -0.503. The average Bonchev–Trinajstić information content (AvgIpc) is 3.46. The van der Waals surface area contributed by atoms with Gasteiger partial charge in [0.05, 0.1) is 17.5 Å². The van der Waals surface area contributed by atoms with E-state index in [1.807, 2.05) is 30.3 Å². The van der Waals surface area contributed by atoms with E-state index in [-0.39, 0.29) is 41.3 Å². The Balaban J connectivity index is 1.43. The van der Waals surface area contributed by atoms with Gasteiger partial charge in [0.25, 0.3) is 0 Å².